The van der Waals surface area contributed by atoms with Gasteiger partial charge in [-0.25, -0.2) is 4.98 Å². The van der Waals surface area contributed by atoms with Gasteiger partial charge >= 0.3 is 0 Å². The van der Waals surface area contributed by atoms with Crippen molar-refractivity contribution in [2.75, 3.05) is 5.73 Å². The molecule has 78 valence electrons. The third-order valence-corrected chi connectivity index (χ3v) is 2.43. The van der Waals surface area contributed by atoms with E-state index >= 15 is 0 Å². The zero-order valence-corrected chi connectivity index (χ0v) is 8.83. The van der Waals surface area contributed by atoms with E-state index in [1.54, 1.807) is 12.3 Å². The molecule has 1 rings (SSSR count). The van der Waals surface area contributed by atoms with Crippen LogP contribution in [0.1, 0.15) is 38.7 Å². The molecule has 3 heteroatoms. The van der Waals surface area contributed by atoms with E-state index in [1.807, 2.05) is 13.0 Å². The number of nitrogens with two attached hydrogens (primary N) is 1. The Morgan fingerprint density at radius 1 is 1.50 bits per heavy atom. The largest absolute Gasteiger partial charge is 0.385 e. The highest BCUT2D eigenvalue weighted by Crippen LogP contribution is 2.26. The second-order valence-corrected chi connectivity index (χ2v) is 3.85. The Hall–Kier alpha value is -1.09. The average molecular weight is 194 g/mol. The minimum atomic E-state index is -0.781. The molecular weight excluding hydrogens is 176 g/mol. The van der Waals surface area contributed by atoms with Crippen LogP contribution in [0.15, 0.2) is 18.3 Å². The first-order valence-corrected chi connectivity index (χ1v) is 5.00. The molecule has 1 aromatic rings. The van der Waals surface area contributed by atoms with Crippen molar-refractivity contribution in [2.45, 2.75) is 38.7 Å². The van der Waals surface area contributed by atoms with E-state index in [0.29, 0.717) is 5.82 Å². The monoisotopic (exact) mass is 194 g/mol. The highest BCUT2D eigenvalue weighted by molar-refractivity contribution is 5.31. The highest BCUT2D eigenvalue weighted by Gasteiger charge is 2.22. The summed E-state index contributed by atoms with van der Waals surface area (Å²) in [4.78, 5) is 3.97. The van der Waals surface area contributed by atoms with Crippen molar-refractivity contribution < 1.29 is 5.11 Å². The first-order chi connectivity index (χ1) is 6.56. The number of unbranched alkanes of at least 4 members (excludes halogenated alkanes) is 1. The van der Waals surface area contributed by atoms with Crippen LogP contribution in [-0.4, -0.2) is 10.1 Å². The maximum atomic E-state index is 10.1. The van der Waals surface area contributed by atoms with Crippen LogP contribution in [0.25, 0.3) is 0 Å². The summed E-state index contributed by atoms with van der Waals surface area (Å²) in [5.41, 5.74) is 5.53. The molecule has 1 atom stereocenters. The van der Waals surface area contributed by atoms with Gasteiger partial charge in [0.05, 0.1) is 5.60 Å². The Kier molecular flexibility index (Phi) is 3.47. The van der Waals surface area contributed by atoms with Gasteiger partial charge in [0.25, 0.3) is 0 Å². The number of pyridine rings is 1. The fourth-order valence-electron chi connectivity index (χ4n) is 1.39. The fourth-order valence-corrected chi connectivity index (χ4v) is 1.39. The van der Waals surface area contributed by atoms with Gasteiger partial charge in [-0.3, -0.25) is 0 Å². The number of aromatic nitrogens is 1. The summed E-state index contributed by atoms with van der Waals surface area (Å²) < 4.78 is 0. The Balaban J connectivity index is 2.75. The smallest absolute Gasteiger partial charge is 0.123 e. The minimum absolute atomic E-state index is 0.486. The number of nitrogen functional groups attached to an aromatic ring is 1. The molecule has 0 aliphatic rings. The van der Waals surface area contributed by atoms with Crippen molar-refractivity contribution in [3.8, 4) is 0 Å². The minimum Gasteiger partial charge on any atom is -0.385 e. The molecule has 0 saturated heterocycles. The number of hydrogen-bond acceptors (Lipinski definition) is 3. The predicted octanol–water partition coefficient (Wildman–Crippen LogP) is 2.06. The maximum Gasteiger partial charge on any atom is 0.123 e. The average Bonchev–Trinajstić information content (AvgIpc) is 2.16. The summed E-state index contributed by atoms with van der Waals surface area (Å²) in [6.45, 7) is 3.92. The topological polar surface area (TPSA) is 59.1 Å². The van der Waals surface area contributed by atoms with Gasteiger partial charge in [0, 0.05) is 11.8 Å². The first-order valence-electron chi connectivity index (χ1n) is 5.00. The molecule has 0 fully saturated rings. The van der Waals surface area contributed by atoms with E-state index < -0.39 is 5.60 Å². The van der Waals surface area contributed by atoms with Crippen LogP contribution in [0.2, 0.25) is 0 Å². The number of nitrogens with zero attached hydrogens (tertiary/aromatic N) is 1. The molecule has 0 radical (unpaired) electrons. The van der Waals surface area contributed by atoms with Crippen molar-refractivity contribution in [3.63, 3.8) is 0 Å². The lowest BCUT2D eigenvalue weighted by atomic mass is 9.92. The summed E-state index contributed by atoms with van der Waals surface area (Å²) in [5, 5.41) is 10.1. The normalized spacial score (nSPS) is 15.1. The predicted molar refractivity (Wildman–Crippen MR) is 57.7 cm³/mol. The lowest BCUT2D eigenvalue weighted by Crippen LogP contribution is -2.21. The lowest BCUT2D eigenvalue weighted by molar-refractivity contribution is 0.0450. The van der Waals surface area contributed by atoms with Gasteiger partial charge < -0.3 is 10.8 Å². The second kappa shape index (κ2) is 4.42. The van der Waals surface area contributed by atoms with E-state index in [0.717, 1.165) is 24.8 Å². The summed E-state index contributed by atoms with van der Waals surface area (Å²) in [6, 6.07) is 3.55. The van der Waals surface area contributed by atoms with Gasteiger partial charge in [-0.1, -0.05) is 25.8 Å². The standard InChI is InChI=1S/C11H18N2O/c1-3-4-7-11(2,14)9-5-6-10(12)13-8-9/h5-6,8,14H,3-4,7H2,1-2H3,(H2,12,13). The van der Waals surface area contributed by atoms with E-state index in [4.69, 9.17) is 5.73 Å². The Morgan fingerprint density at radius 2 is 2.21 bits per heavy atom. The Morgan fingerprint density at radius 3 is 2.71 bits per heavy atom. The maximum absolute atomic E-state index is 10.1. The second-order valence-electron chi connectivity index (χ2n) is 3.85. The van der Waals surface area contributed by atoms with Gasteiger partial charge in [-0.05, 0) is 19.4 Å². The molecule has 3 nitrogen and oxygen atoms in total. The van der Waals surface area contributed by atoms with Crippen LogP contribution in [0.5, 0.6) is 0 Å². The van der Waals surface area contributed by atoms with Gasteiger partial charge in [0.1, 0.15) is 5.82 Å². The Labute approximate surface area is 85.0 Å². The molecule has 14 heavy (non-hydrogen) atoms. The van der Waals surface area contributed by atoms with Crippen LogP contribution >= 0.6 is 0 Å². The number of hydrogen-bond donors (Lipinski definition) is 2. The van der Waals surface area contributed by atoms with E-state index in [9.17, 15) is 5.11 Å². The van der Waals surface area contributed by atoms with Crippen molar-refractivity contribution in [1.29, 1.82) is 0 Å². The third kappa shape index (κ3) is 2.70. The van der Waals surface area contributed by atoms with E-state index in [-0.39, 0.29) is 0 Å². The van der Waals surface area contributed by atoms with Gasteiger partial charge in [-0.15, -0.1) is 0 Å². The van der Waals surface area contributed by atoms with Crippen molar-refractivity contribution in [1.82, 2.24) is 4.98 Å². The molecule has 0 saturated carbocycles. The Bertz CT molecular complexity index is 280. The molecule has 0 amide bonds. The molecule has 0 spiro atoms. The quantitative estimate of drug-likeness (QED) is 0.771. The van der Waals surface area contributed by atoms with Crippen LogP contribution < -0.4 is 5.73 Å². The molecule has 0 aliphatic carbocycles. The van der Waals surface area contributed by atoms with Crippen LogP contribution in [-0.2, 0) is 5.60 Å². The van der Waals surface area contributed by atoms with Crippen molar-refractivity contribution >= 4 is 5.82 Å². The fraction of sp³-hybridized carbons (Fsp3) is 0.545. The highest BCUT2D eigenvalue weighted by atomic mass is 16.3. The third-order valence-electron chi connectivity index (χ3n) is 2.43. The van der Waals surface area contributed by atoms with Gasteiger partial charge in [0.15, 0.2) is 0 Å². The molecule has 1 heterocycles. The lowest BCUT2D eigenvalue weighted by Gasteiger charge is -2.23. The van der Waals surface area contributed by atoms with Gasteiger partial charge in [-0.2, -0.15) is 0 Å². The molecule has 0 aromatic carbocycles. The van der Waals surface area contributed by atoms with Crippen LogP contribution in [0.3, 0.4) is 0 Å². The number of anilines is 1. The van der Waals surface area contributed by atoms with Crippen molar-refractivity contribution in [2.24, 2.45) is 0 Å². The molecule has 0 aliphatic heterocycles. The van der Waals surface area contributed by atoms with E-state index in [1.165, 1.54) is 0 Å². The summed E-state index contributed by atoms with van der Waals surface area (Å²) >= 11 is 0. The van der Waals surface area contributed by atoms with Crippen LogP contribution in [0.4, 0.5) is 5.82 Å². The van der Waals surface area contributed by atoms with E-state index in [2.05, 4.69) is 11.9 Å². The molecule has 3 N–H and O–H groups in total. The number of rotatable bonds is 4. The van der Waals surface area contributed by atoms with Crippen molar-refractivity contribution in [3.05, 3.63) is 23.9 Å². The van der Waals surface area contributed by atoms with Gasteiger partial charge in [0.2, 0.25) is 0 Å². The molecule has 0 bridgehead atoms. The molecule has 1 aromatic heterocycles. The first kappa shape index (κ1) is 11.0. The van der Waals surface area contributed by atoms with Crippen LogP contribution in [0, 0.1) is 0 Å². The zero-order chi connectivity index (χ0) is 10.6. The summed E-state index contributed by atoms with van der Waals surface area (Å²) in [6.07, 6.45) is 4.50. The zero-order valence-electron chi connectivity index (χ0n) is 8.83. The molecular formula is C11H18N2O. The molecule has 1 unspecified atom stereocenters. The summed E-state index contributed by atoms with van der Waals surface area (Å²) in [7, 11) is 0. The summed E-state index contributed by atoms with van der Waals surface area (Å²) in [5.74, 6) is 0.486. The number of aliphatic hydroxyl groups is 1. The SMILES string of the molecule is CCCCC(C)(O)c1ccc(N)nc1.